The SMILES string of the molecule is COc1ccccc1OC(C)(C)C(=O)N1CCC(N)CC1. The summed E-state index contributed by atoms with van der Waals surface area (Å²) < 4.78 is 11.2. The van der Waals surface area contributed by atoms with Crippen LogP contribution in [0.1, 0.15) is 26.7 Å². The number of amides is 1. The van der Waals surface area contributed by atoms with Crippen LogP contribution in [0.5, 0.6) is 11.5 Å². The number of hydrogen-bond donors (Lipinski definition) is 1. The Morgan fingerprint density at radius 2 is 1.81 bits per heavy atom. The molecule has 0 aromatic heterocycles. The average Bonchev–Trinajstić information content (AvgIpc) is 2.47. The number of benzene rings is 1. The molecule has 5 heteroatoms. The van der Waals surface area contributed by atoms with Crippen LogP contribution in [0.15, 0.2) is 24.3 Å². The number of rotatable bonds is 4. The van der Waals surface area contributed by atoms with E-state index < -0.39 is 5.60 Å². The van der Waals surface area contributed by atoms with Gasteiger partial charge in [0.2, 0.25) is 0 Å². The van der Waals surface area contributed by atoms with Crippen molar-refractivity contribution in [3.8, 4) is 11.5 Å². The normalized spacial score (nSPS) is 16.7. The number of nitrogens with two attached hydrogens (primary N) is 1. The lowest BCUT2D eigenvalue weighted by atomic mass is 10.0. The molecule has 0 spiro atoms. The fraction of sp³-hybridized carbons (Fsp3) is 0.562. The van der Waals surface area contributed by atoms with Gasteiger partial charge >= 0.3 is 0 Å². The molecule has 1 aromatic carbocycles. The van der Waals surface area contributed by atoms with Crippen LogP contribution < -0.4 is 15.2 Å². The molecule has 1 saturated heterocycles. The first kappa shape index (κ1) is 15.6. The first-order valence-electron chi connectivity index (χ1n) is 7.31. The van der Waals surface area contributed by atoms with Crippen LogP contribution in [-0.2, 0) is 4.79 Å². The van der Waals surface area contributed by atoms with Crippen molar-refractivity contribution in [3.05, 3.63) is 24.3 Å². The van der Waals surface area contributed by atoms with E-state index in [9.17, 15) is 4.79 Å². The molecule has 0 unspecified atom stereocenters. The van der Waals surface area contributed by atoms with Gasteiger partial charge in [0.1, 0.15) is 0 Å². The topological polar surface area (TPSA) is 64.8 Å². The Morgan fingerprint density at radius 1 is 1.24 bits per heavy atom. The van der Waals surface area contributed by atoms with E-state index >= 15 is 0 Å². The van der Waals surface area contributed by atoms with Crippen LogP contribution in [0, 0.1) is 0 Å². The molecule has 1 aliphatic rings. The molecule has 0 saturated carbocycles. The van der Waals surface area contributed by atoms with Gasteiger partial charge in [0.05, 0.1) is 7.11 Å². The third-order valence-electron chi connectivity index (χ3n) is 3.78. The highest BCUT2D eigenvalue weighted by Crippen LogP contribution is 2.30. The predicted molar refractivity (Wildman–Crippen MR) is 81.5 cm³/mol. The first-order valence-corrected chi connectivity index (χ1v) is 7.31. The summed E-state index contributed by atoms with van der Waals surface area (Å²) in [6.45, 7) is 4.96. The number of piperidine rings is 1. The zero-order chi connectivity index (χ0) is 15.5. The van der Waals surface area contributed by atoms with E-state index in [4.69, 9.17) is 15.2 Å². The maximum absolute atomic E-state index is 12.6. The lowest BCUT2D eigenvalue weighted by Gasteiger charge is -2.36. The van der Waals surface area contributed by atoms with Gasteiger partial charge in [-0.1, -0.05) is 12.1 Å². The molecule has 1 fully saturated rings. The van der Waals surface area contributed by atoms with Crippen LogP contribution >= 0.6 is 0 Å². The minimum atomic E-state index is -0.934. The quantitative estimate of drug-likeness (QED) is 0.919. The van der Waals surface area contributed by atoms with E-state index in [2.05, 4.69) is 0 Å². The minimum absolute atomic E-state index is 0.0136. The van der Waals surface area contributed by atoms with Crippen molar-refractivity contribution in [2.75, 3.05) is 20.2 Å². The van der Waals surface area contributed by atoms with Crippen LogP contribution in [0.2, 0.25) is 0 Å². The molecule has 1 heterocycles. The van der Waals surface area contributed by atoms with E-state index in [-0.39, 0.29) is 11.9 Å². The molecule has 1 amide bonds. The molecule has 0 radical (unpaired) electrons. The number of hydrogen-bond acceptors (Lipinski definition) is 4. The first-order chi connectivity index (χ1) is 9.94. The average molecular weight is 292 g/mol. The van der Waals surface area contributed by atoms with E-state index in [1.807, 2.05) is 23.1 Å². The van der Waals surface area contributed by atoms with Crippen LogP contribution in [0.4, 0.5) is 0 Å². The lowest BCUT2D eigenvalue weighted by molar-refractivity contribution is -0.146. The molecule has 2 N–H and O–H groups in total. The molecule has 116 valence electrons. The van der Waals surface area contributed by atoms with Crippen molar-refractivity contribution < 1.29 is 14.3 Å². The third-order valence-corrected chi connectivity index (χ3v) is 3.78. The van der Waals surface area contributed by atoms with E-state index in [0.29, 0.717) is 24.6 Å². The Morgan fingerprint density at radius 3 is 2.38 bits per heavy atom. The van der Waals surface area contributed by atoms with Crippen molar-refractivity contribution in [1.82, 2.24) is 4.90 Å². The van der Waals surface area contributed by atoms with Gasteiger partial charge in [0, 0.05) is 19.1 Å². The lowest BCUT2D eigenvalue weighted by Crippen LogP contribution is -2.52. The van der Waals surface area contributed by atoms with E-state index in [1.165, 1.54) is 0 Å². The number of methoxy groups -OCH3 is 1. The highest BCUT2D eigenvalue weighted by Gasteiger charge is 2.36. The molecule has 0 aliphatic carbocycles. The van der Waals surface area contributed by atoms with Gasteiger partial charge in [-0.15, -0.1) is 0 Å². The number of nitrogens with zero attached hydrogens (tertiary/aromatic N) is 1. The smallest absolute Gasteiger partial charge is 0.266 e. The number of likely N-dealkylation sites (tertiary alicyclic amines) is 1. The minimum Gasteiger partial charge on any atom is -0.493 e. The summed E-state index contributed by atoms with van der Waals surface area (Å²) in [5, 5.41) is 0. The van der Waals surface area contributed by atoms with Crippen molar-refractivity contribution >= 4 is 5.91 Å². The molecule has 1 aliphatic heterocycles. The zero-order valence-corrected chi connectivity index (χ0v) is 13.0. The fourth-order valence-corrected chi connectivity index (χ4v) is 2.50. The monoisotopic (exact) mass is 292 g/mol. The Hall–Kier alpha value is -1.75. The summed E-state index contributed by atoms with van der Waals surface area (Å²) in [7, 11) is 1.59. The van der Waals surface area contributed by atoms with E-state index in [0.717, 1.165) is 12.8 Å². The van der Waals surface area contributed by atoms with E-state index in [1.54, 1.807) is 27.0 Å². The predicted octanol–water partition coefficient (Wildman–Crippen LogP) is 1.80. The van der Waals surface area contributed by atoms with Gasteiger partial charge in [-0.25, -0.2) is 0 Å². The van der Waals surface area contributed by atoms with Gasteiger partial charge < -0.3 is 20.1 Å². The number of ether oxygens (including phenoxy) is 2. The molecular weight excluding hydrogens is 268 g/mol. The number of carbonyl (C=O) groups is 1. The summed E-state index contributed by atoms with van der Waals surface area (Å²) in [5.74, 6) is 1.19. The number of carbonyl (C=O) groups excluding carboxylic acids is 1. The highest BCUT2D eigenvalue weighted by atomic mass is 16.5. The van der Waals surface area contributed by atoms with Gasteiger partial charge in [-0.05, 0) is 38.8 Å². The van der Waals surface area contributed by atoms with Crippen molar-refractivity contribution in [1.29, 1.82) is 0 Å². The summed E-state index contributed by atoms with van der Waals surface area (Å²) in [5.41, 5.74) is 4.95. The number of para-hydroxylation sites is 2. The van der Waals surface area contributed by atoms with Crippen LogP contribution in [0.25, 0.3) is 0 Å². The fourth-order valence-electron chi connectivity index (χ4n) is 2.50. The standard InChI is InChI=1S/C16H24N2O3/c1-16(2,15(19)18-10-8-12(17)9-11-18)21-14-7-5-4-6-13(14)20-3/h4-7,12H,8-11,17H2,1-3H3. The second-order valence-electron chi connectivity index (χ2n) is 5.89. The summed E-state index contributed by atoms with van der Waals surface area (Å²) in [6, 6.07) is 7.55. The van der Waals surface area contributed by atoms with Crippen LogP contribution in [-0.4, -0.2) is 42.6 Å². The maximum atomic E-state index is 12.6. The molecule has 5 nitrogen and oxygen atoms in total. The highest BCUT2D eigenvalue weighted by molar-refractivity contribution is 5.85. The van der Waals surface area contributed by atoms with Crippen molar-refractivity contribution in [2.45, 2.75) is 38.3 Å². The second-order valence-corrected chi connectivity index (χ2v) is 5.89. The summed E-state index contributed by atoms with van der Waals surface area (Å²) >= 11 is 0. The zero-order valence-electron chi connectivity index (χ0n) is 13.0. The molecule has 0 bridgehead atoms. The van der Waals surface area contributed by atoms with Crippen molar-refractivity contribution in [3.63, 3.8) is 0 Å². The Labute approximate surface area is 126 Å². The largest absolute Gasteiger partial charge is 0.493 e. The van der Waals surface area contributed by atoms with Crippen molar-refractivity contribution in [2.24, 2.45) is 5.73 Å². The summed E-state index contributed by atoms with van der Waals surface area (Å²) in [6.07, 6.45) is 1.69. The molecule has 21 heavy (non-hydrogen) atoms. The second kappa shape index (κ2) is 6.35. The molecule has 1 aromatic rings. The van der Waals surface area contributed by atoms with Gasteiger partial charge in [0.15, 0.2) is 17.1 Å². The van der Waals surface area contributed by atoms with Gasteiger partial charge in [-0.2, -0.15) is 0 Å². The molecule has 2 rings (SSSR count). The Balaban J connectivity index is 2.08. The van der Waals surface area contributed by atoms with Gasteiger partial charge in [0.25, 0.3) is 5.91 Å². The Kier molecular flexibility index (Phi) is 4.73. The Bertz CT molecular complexity index is 494. The maximum Gasteiger partial charge on any atom is 0.266 e. The summed E-state index contributed by atoms with van der Waals surface area (Å²) in [4.78, 5) is 14.5. The van der Waals surface area contributed by atoms with Crippen LogP contribution in [0.3, 0.4) is 0 Å². The molecule has 0 atom stereocenters. The van der Waals surface area contributed by atoms with Gasteiger partial charge in [-0.3, -0.25) is 4.79 Å². The molecular formula is C16H24N2O3. The third kappa shape index (κ3) is 3.67.